The van der Waals surface area contributed by atoms with Crippen LogP contribution in [-0.4, -0.2) is 27.8 Å². The van der Waals surface area contributed by atoms with E-state index in [-0.39, 0.29) is 23.9 Å². The van der Waals surface area contributed by atoms with Gasteiger partial charge in [-0.3, -0.25) is 9.69 Å². The zero-order chi connectivity index (χ0) is 20.0. The molecular weight excluding hydrogens is 388 g/mol. The molecule has 1 aliphatic carbocycles. The van der Waals surface area contributed by atoms with Gasteiger partial charge in [0.25, 0.3) is 0 Å². The molecule has 1 aliphatic heterocycles. The van der Waals surface area contributed by atoms with Gasteiger partial charge in [0.2, 0.25) is 11.9 Å². The van der Waals surface area contributed by atoms with Crippen LogP contribution in [0.3, 0.4) is 0 Å². The SMILES string of the molecule is COc1ccc([C@H]2C[C@@H](c3ccc(Cl)cc3)n3ncnc3N2C(=O)C2CC2)cc1. The van der Waals surface area contributed by atoms with E-state index in [2.05, 4.69) is 10.1 Å². The van der Waals surface area contributed by atoms with Crippen molar-refractivity contribution in [2.45, 2.75) is 31.3 Å². The lowest BCUT2D eigenvalue weighted by atomic mass is 9.91. The van der Waals surface area contributed by atoms with E-state index in [1.807, 2.05) is 58.1 Å². The number of carbonyl (C=O) groups excluding carboxylic acids is 1. The number of anilines is 1. The van der Waals surface area contributed by atoms with Gasteiger partial charge in [0, 0.05) is 10.9 Å². The van der Waals surface area contributed by atoms with Gasteiger partial charge in [-0.1, -0.05) is 35.9 Å². The number of aromatic nitrogens is 3. The molecule has 1 saturated carbocycles. The highest BCUT2D eigenvalue weighted by atomic mass is 35.5. The summed E-state index contributed by atoms with van der Waals surface area (Å²) in [5, 5.41) is 5.16. The highest BCUT2D eigenvalue weighted by Crippen LogP contribution is 2.45. The Bertz CT molecular complexity index is 1030. The number of halogens is 1. The second-order valence-corrected chi connectivity index (χ2v) is 8.02. The van der Waals surface area contributed by atoms with Gasteiger partial charge in [-0.05, 0) is 54.7 Å². The van der Waals surface area contributed by atoms with E-state index in [0.717, 1.165) is 29.7 Å². The van der Waals surface area contributed by atoms with Crippen LogP contribution in [0.15, 0.2) is 54.9 Å². The maximum Gasteiger partial charge on any atom is 0.233 e. The summed E-state index contributed by atoms with van der Waals surface area (Å²) in [4.78, 5) is 19.5. The molecule has 6 nitrogen and oxygen atoms in total. The topological polar surface area (TPSA) is 60.2 Å². The molecule has 5 rings (SSSR count). The molecule has 2 aromatic carbocycles. The van der Waals surface area contributed by atoms with Crippen LogP contribution in [0.4, 0.5) is 5.95 Å². The molecule has 1 fully saturated rings. The molecule has 0 spiro atoms. The maximum atomic E-state index is 13.2. The second kappa shape index (κ2) is 7.19. The first kappa shape index (κ1) is 18.2. The number of hydrogen-bond acceptors (Lipinski definition) is 4. The summed E-state index contributed by atoms with van der Waals surface area (Å²) in [6.45, 7) is 0. The first-order chi connectivity index (χ1) is 14.2. The summed E-state index contributed by atoms with van der Waals surface area (Å²) < 4.78 is 7.17. The molecule has 0 unspecified atom stereocenters. The van der Waals surface area contributed by atoms with Crippen molar-refractivity contribution in [2.24, 2.45) is 5.92 Å². The minimum Gasteiger partial charge on any atom is -0.497 e. The standard InChI is InChI=1S/C22H21ClN4O2/c1-29-18-10-6-14(7-11-18)19-12-20(15-4-8-17(23)9-5-15)27-22(24-13-25-27)26(19)21(28)16-2-3-16/h4-11,13,16,19-20H,2-3,12H2,1H3/t19-,20+/m1/s1. The Morgan fingerprint density at radius 2 is 1.69 bits per heavy atom. The van der Waals surface area contributed by atoms with E-state index < -0.39 is 0 Å². The normalized spacial score (nSPS) is 21.0. The molecule has 0 radical (unpaired) electrons. The lowest BCUT2D eigenvalue weighted by molar-refractivity contribution is -0.120. The van der Waals surface area contributed by atoms with Gasteiger partial charge < -0.3 is 4.74 Å². The summed E-state index contributed by atoms with van der Waals surface area (Å²) in [5.74, 6) is 1.62. The number of methoxy groups -OCH3 is 1. The minimum absolute atomic E-state index is 0.0277. The maximum absolute atomic E-state index is 13.2. The van der Waals surface area contributed by atoms with Crippen molar-refractivity contribution in [3.05, 3.63) is 71.0 Å². The Balaban J connectivity index is 1.60. The van der Waals surface area contributed by atoms with E-state index in [4.69, 9.17) is 16.3 Å². The van der Waals surface area contributed by atoms with Crippen molar-refractivity contribution in [3.8, 4) is 5.75 Å². The number of amides is 1. The van der Waals surface area contributed by atoms with Crippen molar-refractivity contribution < 1.29 is 9.53 Å². The largest absolute Gasteiger partial charge is 0.497 e. The molecule has 2 heterocycles. The van der Waals surface area contributed by atoms with Crippen LogP contribution >= 0.6 is 11.6 Å². The highest BCUT2D eigenvalue weighted by molar-refractivity contribution is 6.30. The summed E-state index contributed by atoms with van der Waals surface area (Å²) >= 11 is 6.09. The highest BCUT2D eigenvalue weighted by Gasteiger charge is 2.44. The summed E-state index contributed by atoms with van der Waals surface area (Å²) in [5.41, 5.74) is 2.16. The number of benzene rings is 2. The monoisotopic (exact) mass is 408 g/mol. The van der Waals surface area contributed by atoms with Gasteiger partial charge in [0.15, 0.2) is 0 Å². The molecule has 0 N–H and O–H groups in total. The number of ether oxygens (including phenoxy) is 1. The average molecular weight is 409 g/mol. The van der Waals surface area contributed by atoms with Crippen LogP contribution in [0.2, 0.25) is 5.02 Å². The van der Waals surface area contributed by atoms with E-state index in [9.17, 15) is 4.79 Å². The van der Waals surface area contributed by atoms with Gasteiger partial charge in [-0.2, -0.15) is 10.1 Å². The molecule has 0 bridgehead atoms. The van der Waals surface area contributed by atoms with Crippen LogP contribution in [0, 0.1) is 5.92 Å². The number of carbonyl (C=O) groups is 1. The molecule has 29 heavy (non-hydrogen) atoms. The lowest BCUT2D eigenvalue weighted by Crippen LogP contribution is -2.43. The van der Waals surface area contributed by atoms with Gasteiger partial charge >= 0.3 is 0 Å². The zero-order valence-corrected chi connectivity index (χ0v) is 16.8. The Hall–Kier alpha value is -2.86. The fraction of sp³-hybridized carbons (Fsp3) is 0.318. The van der Waals surface area contributed by atoms with Crippen LogP contribution < -0.4 is 9.64 Å². The average Bonchev–Trinajstić information content (AvgIpc) is 3.50. The fourth-order valence-electron chi connectivity index (χ4n) is 4.05. The van der Waals surface area contributed by atoms with Crippen LogP contribution in [0.1, 0.15) is 42.5 Å². The molecule has 1 amide bonds. The number of fused-ring (bicyclic) bond motifs is 1. The summed E-state index contributed by atoms with van der Waals surface area (Å²) in [6, 6.07) is 15.6. The Labute approximate surface area is 174 Å². The van der Waals surface area contributed by atoms with Gasteiger partial charge in [-0.15, -0.1) is 0 Å². The first-order valence-electron chi connectivity index (χ1n) is 9.77. The molecule has 148 valence electrons. The quantitative estimate of drug-likeness (QED) is 0.641. The molecule has 3 aromatic rings. The minimum atomic E-state index is -0.119. The van der Waals surface area contributed by atoms with Crippen molar-refractivity contribution in [2.75, 3.05) is 12.0 Å². The Kier molecular flexibility index (Phi) is 4.51. The predicted molar refractivity (Wildman–Crippen MR) is 110 cm³/mol. The van der Waals surface area contributed by atoms with Crippen molar-refractivity contribution >= 4 is 23.5 Å². The lowest BCUT2D eigenvalue weighted by Gasteiger charge is -2.39. The Morgan fingerprint density at radius 1 is 1.03 bits per heavy atom. The van der Waals surface area contributed by atoms with Crippen molar-refractivity contribution in [1.29, 1.82) is 0 Å². The number of nitrogens with zero attached hydrogens (tertiary/aromatic N) is 4. The van der Waals surface area contributed by atoms with Crippen molar-refractivity contribution in [3.63, 3.8) is 0 Å². The van der Waals surface area contributed by atoms with E-state index >= 15 is 0 Å². The van der Waals surface area contributed by atoms with E-state index in [1.54, 1.807) is 7.11 Å². The van der Waals surface area contributed by atoms with Crippen molar-refractivity contribution in [1.82, 2.24) is 14.8 Å². The van der Waals surface area contributed by atoms with Crippen LogP contribution in [0.25, 0.3) is 0 Å². The molecule has 0 saturated heterocycles. The van der Waals surface area contributed by atoms with Crippen LogP contribution in [-0.2, 0) is 4.79 Å². The third kappa shape index (κ3) is 3.27. The fourth-order valence-corrected chi connectivity index (χ4v) is 4.17. The molecular formula is C22H21ClN4O2. The van der Waals surface area contributed by atoms with E-state index in [0.29, 0.717) is 17.4 Å². The summed E-state index contributed by atoms with van der Waals surface area (Å²) in [6.07, 6.45) is 4.13. The van der Waals surface area contributed by atoms with Gasteiger partial charge in [-0.25, -0.2) is 4.68 Å². The molecule has 2 atom stereocenters. The first-order valence-corrected chi connectivity index (χ1v) is 10.2. The van der Waals surface area contributed by atoms with Gasteiger partial charge in [0.05, 0.1) is 19.2 Å². The Morgan fingerprint density at radius 3 is 2.34 bits per heavy atom. The van der Waals surface area contributed by atoms with Crippen LogP contribution in [0.5, 0.6) is 5.75 Å². The van der Waals surface area contributed by atoms with Gasteiger partial charge in [0.1, 0.15) is 12.1 Å². The smallest absolute Gasteiger partial charge is 0.233 e. The van der Waals surface area contributed by atoms with E-state index in [1.165, 1.54) is 6.33 Å². The second-order valence-electron chi connectivity index (χ2n) is 7.58. The predicted octanol–water partition coefficient (Wildman–Crippen LogP) is 4.42. The molecule has 7 heteroatoms. The third-order valence-corrected chi connectivity index (χ3v) is 5.99. The number of rotatable bonds is 4. The number of hydrogen-bond donors (Lipinski definition) is 0. The zero-order valence-electron chi connectivity index (χ0n) is 16.0. The summed E-state index contributed by atoms with van der Waals surface area (Å²) in [7, 11) is 1.65. The molecule has 1 aromatic heterocycles. The molecule has 2 aliphatic rings. The third-order valence-electron chi connectivity index (χ3n) is 5.74.